The Bertz CT molecular complexity index is 433. The fraction of sp³-hybridized carbons (Fsp3) is 0.600. The first-order chi connectivity index (χ1) is 9.44. The van der Waals surface area contributed by atoms with Crippen LogP contribution in [0.25, 0.3) is 0 Å². The Kier molecular flexibility index (Phi) is 4.78. The number of ether oxygens (including phenoxy) is 1. The second-order valence-corrected chi connectivity index (χ2v) is 5.50. The van der Waals surface area contributed by atoms with E-state index < -0.39 is 6.36 Å². The molecule has 2 nitrogen and oxygen atoms in total. The quantitative estimate of drug-likeness (QED) is 0.793. The Labute approximate surface area is 117 Å². The summed E-state index contributed by atoms with van der Waals surface area (Å²) in [6.07, 6.45) is 0.738. The Morgan fingerprint density at radius 3 is 2.60 bits per heavy atom. The molecule has 0 aliphatic heterocycles. The van der Waals surface area contributed by atoms with Crippen LogP contribution in [0, 0.1) is 5.92 Å². The Morgan fingerprint density at radius 1 is 1.10 bits per heavy atom. The van der Waals surface area contributed by atoms with E-state index in [1.807, 2.05) is 0 Å². The highest BCUT2D eigenvalue weighted by Gasteiger charge is 2.32. The molecule has 1 N–H and O–H groups in total. The number of anilines is 1. The lowest BCUT2D eigenvalue weighted by atomic mass is 10.0. The molecule has 1 saturated carbocycles. The van der Waals surface area contributed by atoms with Crippen molar-refractivity contribution in [3.8, 4) is 5.75 Å². The van der Waals surface area contributed by atoms with Crippen LogP contribution in [0.1, 0.15) is 39.0 Å². The van der Waals surface area contributed by atoms with Crippen molar-refractivity contribution in [3.63, 3.8) is 0 Å². The molecule has 0 heterocycles. The zero-order chi connectivity index (χ0) is 14.6. The van der Waals surface area contributed by atoms with Gasteiger partial charge in [-0.15, -0.1) is 13.2 Å². The summed E-state index contributed by atoms with van der Waals surface area (Å²) in [5, 5.41) is 3.21. The van der Waals surface area contributed by atoms with Crippen molar-refractivity contribution in [2.24, 2.45) is 5.92 Å². The lowest BCUT2D eigenvalue weighted by molar-refractivity contribution is -0.274. The molecule has 2 unspecified atom stereocenters. The van der Waals surface area contributed by atoms with Gasteiger partial charge in [-0.2, -0.15) is 0 Å². The van der Waals surface area contributed by atoms with E-state index in [0.29, 0.717) is 11.6 Å². The maximum absolute atomic E-state index is 12.4. The third-order valence-corrected chi connectivity index (χ3v) is 3.73. The third-order valence-electron chi connectivity index (χ3n) is 3.73. The first-order valence-corrected chi connectivity index (χ1v) is 7.05. The monoisotopic (exact) mass is 287 g/mol. The highest BCUT2D eigenvalue weighted by Crippen LogP contribution is 2.32. The fourth-order valence-corrected chi connectivity index (χ4v) is 2.65. The van der Waals surface area contributed by atoms with Crippen molar-refractivity contribution >= 4 is 5.69 Å². The molecule has 1 aliphatic carbocycles. The predicted octanol–water partition coefficient (Wildman–Crippen LogP) is 4.97. The van der Waals surface area contributed by atoms with Gasteiger partial charge in [0.15, 0.2) is 5.75 Å². The van der Waals surface area contributed by atoms with E-state index in [1.165, 1.54) is 12.5 Å². The average molecular weight is 287 g/mol. The van der Waals surface area contributed by atoms with Gasteiger partial charge in [-0.1, -0.05) is 31.9 Å². The van der Waals surface area contributed by atoms with E-state index >= 15 is 0 Å². The van der Waals surface area contributed by atoms with Crippen LogP contribution in [-0.2, 0) is 0 Å². The molecule has 0 radical (unpaired) electrons. The minimum absolute atomic E-state index is 0.155. The number of nitrogens with one attached hydrogen (secondary N) is 1. The molecule has 0 amide bonds. The minimum Gasteiger partial charge on any atom is -0.404 e. The zero-order valence-electron chi connectivity index (χ0n) is 11.5. The fourth-order valence-electron chi connectivity index (χ4n) is 2.65. The molecule has 0 spiro atoms. The van der Waals surface area contributed by atoms with Gasteiger partial charge in [0, 0.05) is 6.04 Å². The number of para-hydroxylation sites is 2. The third kappa shape index (κ3) is 4.62. The zero-order valence-corrected chi connectivity index (χ0v) is 11.5. The van der Waals surface area contributed by atoms with Crippen molar-refractivity contribution in [3.05, 3.63) is 24.3 Å². The van der Waals surface area contributed by atoms with Crippen LogP contribution in [-0.4, -0.2) is 12.4 Å². The van der Waals surface area contributed by atoms with Gasteiger partial charge in [0.25, 0.3) is 0 Å². The molecule has 1 fully saturated rings. The highest BCUT2D eigenvalue weighted by molar-refractivity contribution is 5.56. The van der Waals surface area contributed by atoms with E-state index in [2.05, 4.69) is 17.0 Å². The summed E-state index contributed by atoms with van der Waals surface area (Å²) in [5.74, 6) is 0.542. The second-order valence-electron chi connectivity index (χ2n) is 5.50. The van der Waals surface area contributed by atoms with Crippen LogP contribution in [0.2, 0.25) is 0 Å². The molecular formula is C15H20F3NO. The van der Waals surface area contributed by atoms with E-state index in [0.717, 1.165) is 25.7 Å². The molecule has 0 bridgehead atoms. The summed E-state index contributed by atoms with van der Waals surface area (Å²) >= 11 is 0. The first-order valence-electron chi connectivity index (χ1n) is 7.05. The van der Waals surface area contributed by atoms with E-state index in [4.69, 9.17) is 0 Å². The van der Waals surface area contributed by atoms with Crippen LogP contribution in [0.3, 0.4) is 0 Å². The molecule has 5 heteroatoms. The van der Waals surface area contributed by atoms with Gasteiger partial charge in [-0.25, -0.2) is 0 Å². The van der Waals surface area contributed by atoms with Crippen molar-refractivity contribution < 1.29 is 17.9 Å². The first kappa shape index (κ1) is 15.0. The van der Waals surface area contributed by atoms with Gasteiger partial charge < -0.3 is 10.1 Å². The molecule has 0 aromatic heterocycles. The molecule has 0 saturated heterocycles. The summed E-state index contributed by atoms with van der Waals surface area (Å²) in [6, 6.07) is 6.45. The maximum Gasteiger partial charge on any atom is 0.573 e. The van der Waals surface area contributed by atoms with Gasteiger partial charge in [0.05, 0.1) is 5.69 Å². The summed E-state index contributed by atoms with van der Waals surface area (Å²) in [7, 11) is 0. The normalized spacial score (nSPS) is 24.0. The standard InChI is InChI=1S/C15H20F3NO/c1-11-5-4-6-12(10-9-11)19-13-7-2-3-8-14(13)20-15(16,17)18/h2-3,7-8,11-12,19H,4-6,9-10H2,1H3. The molecule has 112 valence electrons. The number of halogens is 3. The summed E-state index contributed by atoms with van der Waals surface area (Å²) in [5.41, 5.74) is 0.421. The van der Waals surface area contributed by atoms with E-state index in [9.17, 15) is 13.2 Å². The number of hydrogen-bond acceptors (Lipinski definition) is 2. The van der Waals surface area contributed by atoms with Crippen molar-refractivity contribution in [1.29, 1.82) is 0 Å². The lowest BCUT2D eigenvalue weighted by Crippen LogP contribution is -2.22. The SMILES string of the molecule is CC1CCCC(Nc2ccccc2OC(F)(F)F)CC1. The summed E-state index contributed by atoms with van der Waals surface area (Å²) < 4.78 is 41.2. The summed E-state index contributed by atoms with van der Waals surface area (Å²) in [6.45, 7) is 2.23. The Balaban J connectivity index is 2.05. The van der Waals surface area contributed by atoms with Crippen LogP contribution in [0.15, 0.2) is 24.3 Å². The van der Waals surface area contributed by atoms with Crippen LogP contribution in [0.5, 0.6) is 5.75 Å². The number of hydrogen-bond donors (Lipinski definition) is 1. The van der Waals surface area contributed by atoms with Gasteiger partial charge >= 0.3 is 6.36 Å². The van der Waals surface area contributed by atoms with Crippen molar-refractivity contribution in [1.82, 2.24) is 0 Å². The Morgan fingerprint density at radius 2 is 1.85 bits per heavy atom. The Hall–Kier alpha value is -1.39. The van der Waals surface area contributed by atoms with Crippen LogP contribution >= 0.6 is 0 Å². The number of benzene rings is 1. The molecule has 2 rings (SSSR count). The van der Waals surface area contributed by atoms with E-state index in [-0.39, 0.29) is 11.8 Å². The van der Waals surface area contributed by atoms with Crippen molar-refractivity contribution in [2.45, 2.75) is 51.4 Å². The van der Waals surface area contributed by atoms with Crippen LogP contribution in [0.4, 0.5) is 18.9 Å². The molecule has 2 atom stereocenters. The molecule has 20 heavy (non-hydrogen) atoms. The van der Waals surface area contributed by atoms with Gasteiger partial charge in [-0.3, -0.25) is 0 Å². The highest BCUT2D eigenvalue weighted by atomic mass is 19.4. The molecule has 1 aliphatic rings. The second kappa shape index (κ2) is 6.37. The number of alkyl halides is 3. The molecular weight excluding hydrogens is 267 g/mol. The van der Waals surface area contributed by atoms with Gasteiger partial charge in [-0.05, 0) is 37.3 Å². The smallest absolute Gasteiger partial charge is 0.404 e. The van der Waals surface area contributed by atoms with Gasteiger partial charge in [0.1, 0.15) is 0 Å². The molecule has 1 aromatic rings. The maximum atomic E-state index is 12.4. The van der Waals surface area contributed by atoms with E-state index in [1.54, 1.807) is 18.2 Å². The average Bonchev–Trinajstić information content (AvgIpc) is 2.55. The lowest BCUT2D eigenvalue weighted by Gasteiger charge is -2.20. The minimum atomic E-state index is -4.66. The molecule has 1 aromatic carbocycles. The number of rotatable bonds is 3. The van der Waals surface area contributed by atoms with Crippen molar-refractivity contribution in [2.75, 3.05) is 5.32 Å². The van der Waals surface area contributed by atoms with Crippen LogP contribution < -0.4 is 10.1 Å². The predicted molar refractivity (Wildman–Crippen MR) is 72.8 cm³/mol. The summed E-state index contributed by atoms with van der Waals surface area (Å²) in [4.78, 5) is 0. The largest absolute Gasteiger partial charge is 0.573 e. The van der Waals surface area contributed by atoms with Gasteiger partial charge in [0.2, 0.25) is 0 Å². The topological polar surface area (TPSA) is 21.3 Å².